The van der Waals surface area contributed by atoms with Gasteiger partial charge in [-0.25, -0.2) is 9.18 Å². The fourth-order valence-electron chi connectivity index (χ4n) is 2.63. The van der Waals surface area contributed by atoms with Gasteiger partial charge in [-0.3, -0.25) is 4.79 Å². The first-order chi connectivity index (χ1) is 9.60. The van der Waals surface area contributed by atoms with Gasteiger partial charge >= 0.3 is 5.97 Å². The first kappa shape index (κ1) is 14.5. The van der Waals surface area contributed by atoms with E-state index in [4.69, 9.17) is 5.11 Å². The first-order valence-electron chi connectivity index (χ1n) is 6.75. The topological polar surface area (TPSA) is 66.4 Å². The number of halogens is 1. The number of fused-ring (bicyclic) bond motifs is 1. The van der Waals surface area contributed by atoms with Gasteiger partial charge in [-0.05, 0) is 36.3 Å². The molecule has 1 aliphatic rings. The van der Waals surface area contributed by atoms with Crippen molar-refractivity contribution in [2.24, 2.45) is 5.92 Å². The quantitative estimate of drug-likeness (QED) is 0.862. The summed E-state index contributed by atoms with van der Waals surface area (Å²) < 4.78 is 12.4. The average Bonchev–Trinajstić information content (AvgIpc) is 2.44. The lowest BCUT2D eigenvalue weighted by Crippen LogP contribution is -2.43. The molecule has 0 bridgehead atoms. The highest BCUT2D eigenvalue weighted by Crippen LogP contribution is 2.27. The Morgan fingerprint density at radius 3 is 2.70 bits per heavy atom. The minimum Gasteiger partial charge on any atom is -0.480 e. The lowest BCUT2D eigenvalue weighted by Gasteiger charge is -2.24. The van der Waals surface area contributed by atoms with E-state index < -0.39 is 18.7 Å². The van der Waals surface area contributed by atoms with Gasteiger partial charge in [0.15, 0.2) is 6.04 Å². The molecule has 0 spiro atoms. The summed E-state index contributed by atoms with van der Waals surface area (Å²) in [5.41, 5.74) is 2.56. The Bertz CT molecular complexity index is 504. The second-order valence-corrected chi connectivity index (χ2v) is 5.19. The molecule has 2 unspecified atom stereocenters. The fourth-order valence-corrected chi connectivity index (χ4v) is 2.63. The van der Waals surface area contributed by atoms with E-state index in [1.165, 1.54) is 11.1 Å². The van der Waals surface area contributed by atoms with Gasteiger partial charge in [0.1, 0.15) is 6.67 Å². The number of aryl methyl sites for hydroxylation is 1. The summed E-state index contributed by atoms with van der Waals surface area (Å²) >= 11 is 0. The molecule has 1 aliphatic carbocycles. The predicted octanol–water partition coefficient (Wildman–Crippen LogP) is 1.72. The summed E-state index contributed by atoms with van der Waals surface area (Å²) in [5.74, 6) is -1.53. The maximum Gasteiger partial charge on any atom is 0.328 e. The molecule has 0 heterocycles. The maximum absolute atomic E-state index is 12.4. The zero-order chi connectivity index (χ0) is 14.5. The van der Waals surface area contributed by atoms with Gasteiger partial charge in [0.2, 0.25) is 5.91 Å². The number of carboxylic acids is 1. The first-order valence-corrected chi connectivity index (χ1v) is 6.75. The number of hydrogen-bond acceptors (Lipinski definition) is 2. The second kappa shape index (κ2) is 6.50. The minimum absolute atomic E-state index is 0.193. The van der Waals surface area contributed by atoms with Crippen LogP contribution in [0.3, 0.4) is 0 Å². The van der Waals surface area contributed by atoms with Crippen LogP contribution in [0.1, 0.15) is 24.0 Å². The van der Waals surface area contributed by atoms with Crippen molar-refractivity contribution in [3.63, 3.8) is 0 Å². The molecule has 0 saturated carbocycles. The van der Waals surface area contributed by atoms with Gasteiger partial charge in [0.25, 0.3) is 0 Å². The molecular weight excluding hydrogens is 261 g/mol. The largest absolute Gasteiger partial charge is 0.480 e. The predicted molar refractivity (Wildman–Crippen MR) is 72.1 cm³/mol. The third kappa shape index (κ3) is 3.56. The lowest BCUT2D eigenvalue weighted by atomic mass is 9.82. The van der Waals surface area contributed by atoms with E-state index >= 15 is 0 Å². The highest BCUT2D eigenvalue weighted by molar-refractivity contribution is 5.83. The number of hydrogen-bond donors (Lipinski definition) is 2. The standard InChI is InChI=1S/C15H18FNO3/c16-9-13(15(19)20)17-14(18)8-10-5-6-11-3-1-2-4-12(11)7-10/h1-4,10,13H,5-9H2,(H,17,18)(H,19,20). The molecule has 1 amide bonds. The Kier molecular flexibility index (Phi) is 4.71. The smallest absolute Gasteiger partial charge is 0.328 e. The van der Waals surface area contributed by atoms with E-state index in [1.54, 1.807) is 0 Å². The molecular formula is C15H18FNO3. The highest BCUT2D eigenvalue weighted by atomic mass is 19.1. The summed E-state index contributed by atoms with van der Waals surface area (Å²) in [6.45, 7) is -1.09. The summed E-state index contributed by atoms with van der Waals surface area (Å²) in [7, 11) is 0. The average molecular weight is 279 g/mol. The van der Waals surface area contributed by atoms with Crippen molar-refractivity contribution >= 4 is 11.9 Å². The number of alkyl halides is 1. The van der Waals surface area contributed by atoms with Crippen molar-refractivity contribution in [3.05, 3.63) is 35.4 Å². The molecule has 0 aromatic heterocycles. The zero-order valence-electron chi connectivity index (χ0n) is 11.1. The summed E-state index contributed by atoms with van der Waals surface area (Å²) in [5, 5.41) is 10.9. The lowest BCUT2D eigenvalue weighted by molar-refractivity contribution is -0.142. The van der Waals surface area contributed by atoms with Crippen LogP contribution < -0.4 is 5.32 Å². The minimum atomic E-state index is -1.43. The molecule has 0 fully saturated rings. The molecule has 20 heavy (non-hydrogen) atoms. The maximum atomic E-state index is 12.4. The van der Waals surface area contributed by atoms with Crippen molar-refractivity contribution in [3.8, 4) is 0 Å². The monoisotopic (exact) mass is 279 g/mol. The number of carbonyl (C=O) groups is 2. The third-order valence-electron chi connectivity index (χ3n) is 3.71. The van der Waals surface area contributed by atoms with Gasteiger partial charge in [0.05, 0.1) is 0 Å². The molecule has 2 N–H and O–H groups in total. The molecule has 0 saturated heterocycles. The fraction of sp³-hybridized carbons (Fsp3) is 0.467. The Morgan fingerprint density at radius 1 is 1.35 bits per heavy atom. The highest BCUT2D eigenvalue weighted by Gasteiger charge is 2.24. The number of carboxylic acid groups (broad SMARTS) is 1. The van der Waals surface area contributed by atoms with Crippen LogP contribution in [0.4, 0.5) is 4.39 Å². The van der Waals surface area contributed by atoms with Gasteiger partial charge < -0.3 is 10.4 Å². The number of amides is 1. The second-order valence-electron chi connectivity index (χ2n) is 5.19. The van der Waals surface area contributed by atoms with Gasteiger partial charge in [-0.2, -0.15) is 0 Å². The normalized spacial score (nSPS) is 18.9. The number of rotatable bonds is 5. The summed E-state index contributed by atoms with van der Waals surface area (Å²) in [4.78, 5) is 22.4. The van der Waals surface area contributed by atoms with Gasteiger partial charge in [-0.15, -0.1) is 0 Å². The van der Waals surface area contributed by atoms with Crippen molar-refractivity contribution in [2.75, 3.05) is 6.67 Å². The molecule has 0 aliphatic heterocycles. The molecule has 1 aromatic carbocycles. The Balaban J connectivity index is 1.89. The Morgan fingerprint density at radius 2 is 2.05 bits per heavy atom. The van der Waals surface area contributed by atoms with E-state index in [-0.39, 0.29) is 18.2 Å². The van der Waals surface area contributed by atoms with E-state index in [2.05, 4.69) is 17.4 Å². The molecule has 5 heteroatoms. The van der Waals surface area contributed by atoms with Crippen LogP contribution in [-0.4, -0.2) is 29.7 Å². The molecule has 1 aromatic rings. The number of aliphatic carboxylic acids is 1. The van der Waals surface area contributed by atoms with Crippen LogP contribution in [0.25, 0.3) is 0 Å². The van der Waals surface area contributed by atoms with Crippen LogP contribution in [0.15, 0.2) is 24.3 Å². The van der Waals surface area contributed by atoms with Crippen LogP contribution in [0, 0.1) is 5.92 Å². The molecule has 4 nitrogen and oxygen atoms in total. The van der Waals surface area contributed by atoms with Crippen LogP contribution in [0.2, 0.25) is 0 Å². The molecule has 108 valence electrons. The SMILES string of the molecule is O=C(CC1CCc2ccccc2C1)NC(CF)C(=O)O. The van der Waals surface area contributed by atoms with Crippen LogP contribution in [0.5, 0.6) is 0 Å². The van der Waals surface area contributed by atoms with Gasteiger partial charge in [-0.1, -0.05) is 24.3 Å². The van der Waals surface area contributed by atoms with Crippen molar-refractivity contribution in [1.82, 2.24) is 5.32 Å². The number of benzene rings is 1. The molecule has 2 atom stereocenters. The zero-order valence-corrected chi connectivity index (χ0v) is 11.1. The Labute approximate surface area is 117 Å². The number of carbonyl (C=O) groups excluding carboxylic acids is 1. The van der Waals surface area contributed by atoms with E-state index in [0.717, 1.165) is 19.3 Å². The van der Waals surface area contributed by atoms with E-state index in [9.17, 15) is 14.0 Å². The Hall–Kier alpha value is -1.91. The van der Waals surface area contributed by atoms with Crippen LogP contribution >= 0.6 is 0 Å². The van der Waals surface area contributed by atoms with Crippen LogP contribution in [-0.2, 0) is 22.4 Å². The van der Waals surface area contributed by atoms with Crippen molar-refractivity contribution in [2.45, 2.75) is 31.7 Å². The van der Waals surface area contributed by atoms with Crippen molar-refractivity contribution < 1.29 is 19.1 Å². The third-order valence-corrected chi connectivity index (χ3v) is 3.71. The van der Waals surface area contributed by atoms with Gasteiger partial charge in [0, 0.05) is 6.42 Å². The molecule has 2 rings (SSSR count). The van der Waals surface area contributed by atoms with Crippen molar-refractivity contribution in [1.29, 1.82) is 0 Å². The number of nitrogens with one attached hydrogen (secondary N) is 1. The summed E-state index contributed by atoms with van der Waals surface area (Å²) in [6.07, 6.45) is 2.90. The van der Waals surface area contributed by atoms with E-state index in [1.807, 2.05) is 12.1 Å². The van der Waals surface area contributed by atoms with E-state index in [0.29, 0.717) is 0 Å². The molecule has 0 radical (unpaired) electrons. The summed E-state index contributed by atoms with van der Waals surface area (Å²) in [6, 6.07) is 6.70.